The summed E-state index contributed by atoms with van der Waals surface area (Å²) < 4.78 is 27.3. The third-order valence-electron chi connectivity index (χ3n) is 4.47. The van der Waals surface area contributed by atoms with Crippen molar-refractivity contribution < 1.29 is 18.4 Å². The van der Waals surface area contributed by atoms with Crippen molar-refractivity contribution in [3.8, 4) is 0 Å². The topological polar surface area (TPSA) is 62.3 Å². The van der Waals surface area contributed by atoms with Crippen molar-refractivity contribution in [2.24, 2.45) is 5.92 Å². The first-order chi connectivity index (χ1) is 12.5. The van der Waals surface area contributed by atoms with E-state index in [0.29, 0.717) is 19.0 Å². The number of carbonyl (C=O) groups is 2. The fraction of sp³-hybridized carbons (Fsp3) is 0.316. The molecule has 1 aromatic heterocycles. The summed E-state index contributed by atoms with van der Waals surface area (Å²) in [6.07, 6.45) is 1.86. The van der Waals surface area contributed by atoms with E-state index in [1.54, 1.807) is 4.90 Å². The molecule has 3 rings (SSSR count). The van der Waals surface area contributed by atoms with Crippen LogP contribution in [0.5, 0.6) is 0 Å². The Labute approximate surface area is 150 Å². The summed E-state index contributed by atoms with van der Waals surface area (Å²) in [6.45, 7) is 3.45. The Morgan fingerprint density at radius 1 is 1.04 bits per heavy atom. The van der Waals surface area contributed by atoms with Crippen LogP contribution in [0.15, 0.2) is 36.4 Å². The van der Waals surface area contributed by atoms with Crippen LogP contribution in [0.25, 0.3) is 0 Å². The zero-order valence-electron chi connectivity index (χ0n) is 14.3. The van der Waals surface area contributed by atoms with E-state index in [1.165, 1.54) is 24.3 Å². The molecule has 1 aromatic carbocycles. The molecule has 1 fully saturated rings. The van der Waals surface area contributed by atoms with Crippen LogP contribution in [0.4, 0.5) is 14.5 Å². The van der Waals surface area contributed by atoms with Crippen LogP contribution < -0.4 is 5.32 Å². The first-order valence-corrected chi connectivity index (χ1v) is 8.47. The lowest BCUT2D eigenvalue weighted by Gasteiger charge is -2.30. The van der Waals surface area contributed by atoms with Gasteiger partial charge in [0.15, 0.2) is 0 Å². The lowest BCUT2D eigenvalue weighted by Crippen LogP contribution is -2.38. The predicted molar refractivity (Wildman–Crippen MR) is 92.8 cm³/mol. The number of rotatable bonds is 3. The number of halogens is 2. The van der Waals surface area contributed by atoms with E-state index in [9.17, 15) is 18.4 Å². The van der Waals surface area contributed by atoms with Crippen molar-refractivity contribution in [3.63, 3.8) is 0 Å². The molecule has 5 nitrogen and oxygen atoms in total. The zero-order chi connectivity index (χ0) is 18.7. The van der Waals surface area contributed by atoms with Crippen LogP contribution in [0.3, 0.4) is 0 Å². The maximum Gasteiger partial charge on any atom is 0.274 e. The molecule has 1 saturated heterocycles. The van der Waals surface area contributed by atoms with Crippen LogP contribution in [-0.2, 0) is 0 Å². The van der Waals surface area contributed by atoms with Gasteiger partial charge in [0.05, 0.1) is 0 Å². The van der Waals surface area contributed by atoms with Crippen molar-refractivity contribution >= 4 is 17.5 Å². The van der Waals surface area contributed by atoms with Crippen molar-refractivity contribution in [2.45, 2.75) is 19.8 Å². The molecule has 26 heavy (non-hydrogen) atoms. The molecule has 0 bridgehead atoms. The summed E-state index contributed by atoms with van der Waals surface area (Å²) in [5, 5.41) is 2.17. The second-order valence-corrected chi connectivity index (χ2v) is 6.43. The fourth-order valence-electron chi connectivity index (χ4n) is 2.85. The van der Waals surface area contributed by atoms with E-state index < -0.39 is 23.2 Å². The number of aromatic nitrogens is 1. The number of carbonyl (C=O) groups excluding carboxylic acids is 2. The SMILES string of the molecule is CC1CCN(C(=O)c2cccc(C(=O)Nc3c(F)cccc3F)n2)CC1. The van der Waals surface area contributed by atoms with Gasteiger partial charge < -0.3 is 10.2 Å². The molecule has 2 heterocycles. The van der Waals surface area contributed by atoms with Crippen molar-refractivity contribution in [1.82, 2.24) is 9.88 Å². The van der Waals surface area contributed by atoms with Gasteiger partial charge in [-0.2, -0.15) is 0 Å². The smallest absolute Gasteiger partial charge is 0.274 e. The summed E-state index contributed by atoms with van der Waals surface area (Å²) in [7, 11) is 0. The van der Waals surface area contributed by atoms with Gasteiger partial charge in [0.25, 0.3) is 11.8 Å². The maximum absolute atomic E-state index is 13.7. The number of piperidine rings is 1. The molecule has 0 radical (unpaired) electrons. The van der Waals surface area contributed by atoms with Crippen molar-refractivity contribution in [1.29, 1.82) is 0 Å². The second kappa shape index (κ2) is 7.59. The van der Waals surface area contributed by atoms with Gasteiger partial charge >= 0.3 is 0 Å². The normalized spacial score (nSPS) is 15.0. The van der Waals surface area contributed by atoms with Gasteiger partial charge in [-0.15, -0.1) is 0 Å². The molecule has 0 saturated carbocycles. The molecule has 0 unspecified atom stereocenters. The second-order valence-electron chi connectivity index (χ2n) is 6.43. The van der Waals surface area contributed by atoms with Crippen LogP contribution >= 0.6 is 0 Å². The van der Waals surface area contributed by atoms with Crippen LogP contribution in [0.2, 0.25) is 0 Å². The molecule has 1 aliphatic rings. The maximum atomic E-state index is 13.7. The average molecular weight is 359 g/mol. The Balaban J connectivity index is 1.76. The number of nitrogens with one attached hydrogen (secondary N) is 1. The van der Waals surface area contributed by atoms with Gasteiger partial charge in [-0.25, -0.2) is 13.8 Å². The quantitative estimate of drug-likeness (QED) is 0.913. The molecule has 7 heteroatoms. The van der Waals surface area contributed by atoms with Gasteiger partial charge in [-0.3, -0.25) is 9.59 Å². The standard InChI is InChI=1S/C19H19F2N3O2/c1-12-8-10-24(11-9-12)19(26)16-7-3-6-15(22-16)18(25)23-17-13(20)4-2-5-14(17)21/h2-7,12H,8-11H2,1H3,(H,23,25). The van der Waals surface area contributed by atoms with Crippen molar-refractivity contribution in [3.05, 3.63) is 59.4 Å². The number of hydrogen-bond donors (Lipinski definition) is 1. The number of para-hydroxylation sites is 1. The minimum absolute atomic E-state index is 0.0797. The third-order valence-corrected chi connectivity index (χ3v) is 4.47. The Morgan fingerprint density at radius 2 is 1.62 bits per heavy atom. The molecule has 0 spiro atoms. The number of hydrogen-bond acceptors (Lipinski definition) is 3. The van der Waals surface area contributed by atoms with Gasteiger partial charge in [-0.1, -0.05) is 19.1 Å². The summed E-state index contributed by atoms with van der Waals surface area (Å²) >= 11 is 0. The molecule has 2 aromatic rings. The van der Waals surface area contributed by atoms with E-state index in [4.69, 9.17) is 0 Å². The first-order valence-electron chi connectivity index (χ1n) is 8.47. The third kappa shape index (κ3) is 3.87. The summed E-state index contributed by atoms with van der Waals surface area (Å²) in [6, 6.07) is 7.74. The number of amides is 2. The molecule has 136 valence electrons. The highest BCUT2D eigenvalue weighted by molar-refractivity contribution is 6.04. The number of anilines is 1. The van der Waals surface area contributed by atoms with E-state index in [1.807, 2.05) is 0 Å². The minimum Gasteiger partial charge on any atom is -0.337 e. The lowest BCUT2D eigenvalue weighted by molar-refractivity contribution is 0.0691. The number of nitrogens with zero attached hydrogens (tertiary/aromatic N) is 2. The molecule has 0 aliphatic carbocycles. The Morgan fingerprint density at radius 3 is 2.27 bits per heavy atom. The van der Waals surface area contributed by atoms with Gasteiger partial charge in [0, 0.05) is 13.1 Å². The largest absolute Gasteiger partial charge is 0.337 e. The minimum atomic E-state index is -0.881. The Bertz CT molecular complexity index is 813. The first kappa shape index (κ1) is 18.0. The van der Waals surface area contributed by atoms with E-state index >= 15 is 0 Å². The molecule has 0 atom stereocenters. The van der Waals surface area contributed by atoms with Crippen molar-refractivity contribution in [2.75, 3.05) is 18.4 Å². The molecule has 2 amide bonds. The summed E-state index contributed by atoms with van der Waals surface area (Å²) in [4.78, 5) is 30.6. The molecular formula is C19H19F2N3O2. The Hall–Kier alpha value is -2.83. The Kier molecular flexibility index (Phi) is 5.25. The van der Waals surface area contributed by atoms with Gasteiger partial charge in [0.1, 0.15) is 28.7 Å². The predicted octanol–water partition coefficient (Wildman–Crippen LogP) is 3.48. The highest BCUT2D eigenvalue weighted by Crippen LogP contribution is 2.20. The number of benzene rings is 1. The number of likely N-dealkylation sites (tertiary alicyclic amines) is 1. The monoisotopic (exact) mass is 359 g/mol. The molecular weight excluding hydrogens is 340 g/mol. The van der Waals surface area contributed by atoms with E-state index in [-0.39, 0.29) is 17.3 Å². The molecule has 1 aliphatic heterocycles. The lowest BCUT2D eigenvalue weighted by atomic mass is 9.99. The zero-order valence-corrected chi connectivity index (χ0v) is 14.3. The van der Waals surface area contributed by atoms with Crippen LogP contribution in [0.1, 0.15) is 40.7 Å². The van der Waals surface area contributed by atoms with Gasteiger partial charge in [0.2, 0.25) is 0 Å². The van der Waals surface area contributed by atoms with Crippen LogP contribution in [-0.4, -0.2) is 34.8 Å². The molecule has 1 N–H and O–H groups in total. The van der Waals surface area contributed by atoms with Crippen LogP contribution in [0, 0.1) is 17.6 Å². The number of pyridine rings is 1. The summed E-state index contributed by atoms with van der Waals surface area (Å²) in [5.41, 5.74) is -0.480. The highest BCUT2D eigenvalue weighted by Gasteiger charge is 2.23. The van der Waals surface area contributed by atoms with Gasteiger partial charge in [-0.05, 0) is 43.0 Å². The van der Waals surface area contributed by atoms with E-state index in [2.05, 4.69) is 17.2 Å². The highest BCUT2D eigenvalue weighted by atomic mass is 19.1. The average Bonchev–Trinajstić information content (AvgIpc) is 2.65. The summed E-state index contributed by atoms with van der Waals surface area (Å²) in [5.74, 6) is -2.21. The van der Waals surface area contributed by atoms with E-state index in [0.717, 1.165) is 25.0 Å². The fourth-order valence-corrected chi connectivity index (χ4v) is 2.85.